The average molecular weight is 258 g/mol. The second-order valence-electron chi connectivity index (χ2n) is 4.23. The molecule has 0 saturated heterocycles. The number of thiazole rings is 1. The van der Waals surface area contributed by atoms with Crippen molar-refractivity contribution in [2.45, 2.75) is 6.42 Å². The molecule has 3 rings (SSSR count). The van der Waals surface area contributed by atoms with Crippen LogP contribution in [0, 0.1) is 0 Å². The number of hydrogen-bond donors (Lipinski definition) is 0. The van der Waals surface area contributed by atoms with E-state index >= 15 is 0 Å². The Morgan fingerprint density at radius 3 is 2.94 bits per heavy atom. The van der Waals surface area contributed by atoms with Crippen molar-refractivity contribution in [2.24, 2.45) is 7.05 Å². The highest BCUT2D eigenvalue weighted by molar-refractivity contribution is 7.18. The van der Waals surface area contributed by atoms with Gasteiger partial charge in [-0.15, -0.1) is 11.3 Å². The summed E-state index contributed by atoms with van der Waals surface area (Å²) in [5, 5.41) is 1.14. The lowest BCUT2D eigenvalue weighted by Crippen LogP contribution is -1.95. The molecule has 0 fully saturated rings. The maximum Gasteiger partial charge on any atom is 0.120 e. The monoisotopic (exact) mass is 258 g/mol. The molecule has 0 saturated carbocycles. The zero-order valence-electron chi connectivity index (χ0n) is 10.4. The Hall–Kier alpha value is -1.81. The number of methoxy groups -OCH3 is 1. The van der Waals surface area contributed by atoms with E-state index in [0.717, 1.165) is 22.7 Å². The maximum atomic E-state index is 5.23. The first kappa shape index (κ1) is 11.3. The Morgan fingerprint density at radius 2 is 2.22 bits per heavy atom. The van der Waals surface area contributed by atoms with Crippen LogP contribution in [-0.2, 0) is 13.5 Å². The van der Waals surface area contributed by atoms with Gasteiger partial charge in [-0.1, -0.05) is 0 Å². The lowest BCUT2D eigenvalue weighted by Gasteiger charge is -1.99. The number of fused-ring (bicyclic) bond motifs is 1. The summed E-state index contributed by atoms with van der Waals surface area (Å²) < 4.78 is 8.54. The van der Waals surface area contributed by atoms with E-state index in [1.807, 2.05) is 18.2 Å². The molecule has 0 N–H and O–H groups in total. The zero-order chi connectivity index (χ0) is 12.5. The first-order valence-corrected chi connectivity index (χ1v) is 6.61. The largest absolute Gasteiger partial charge is 0.497 e. The normalized spacial score (nSPS) is 11.0. The molecule has 0 unspecified atom stereocenters. The van der Waals surface area contributed by atoms with Gasteiger partial charge >= 0.3 is 0 Å². The van der Waals surface area contributed by atoms with Gasteiger partial charge in [0.1, 0.15) is 5.75 Å². The number of benzene rings is 1. The Kier molecular flexibility index (Phi) is 2.80. The molecule has 0 bridgehead atoms. The summed E-state index contributed by atoms with van der Waals surface area (Å²) in [6.45, 7) is 0. The Morgan fingerprint density at radius 1 is 1.33 bits per heavy atom. The molecule has 0 aliphatic carbocycles. The van der Waals surface area contributed by atoms with Crippen LogP contribution in [0.25, 0.3) is 10.2 Å². The van der Waals surface area contributed by atoms with Crippen LogP contribution in [0.3, 0.4) is 0 Å². The SMILES string of the molecule is COc1ccc2nc(Cc3cccn3C)sc2c1. The van der Waals surface area contributed by atoms with E-state index in [0.29, 0.717) is 0 Å². The van der Waals surface area contributed by atoms with E-state index in [-0.39, 0.29) is 0 Å². The first-order chi connectivity index (χ1) is 8.76. The predicted octanol–water partition coefficient (Wildman–Crippen LogP) is 3.23. The number of aryl methyl sites for hydroxylation is 1. The van der Waals surface area contributed by atoms with Gasteiger partial charge in [-0.3, -0.25) is 0 Å². The predicted molar refractivity (Wildman–Crippen MR) is 74.4 cm³/mol. The second-order valence-corrected chi connectivity index (χ2v) is 5.34. The third-order valence-corrected chi connectivity index (χ3v) is 4.04. The fraction of sp³-hybridized carbons (Fsp3) is 0.214. The van der Waals surface area contributed by atoms with Gasteiger partial charge in [0.05, 0.1) is 22.3 Å². The lowest BCUT2D eigenvalue weighted by molar-refractivity contribution is 0.415. The summed E-state index contributed by atoms with van der Waals surface area (Å²) >= 11 is 1.73. The fourth-order valence-electron chi connectivity index (χ4n) is 1.99. The number of aromatic nitrogens is 2. The molecule has 0 spiro atoms. The summed E-state index contributed by atoms with van der Waals surface area (Å²) in [6.07, 6.45) is 2.94. The number of rotatable bonds is 3. The van der Waals surface area contributed by atoms with E-state index < -0.39 is 0 Å². The van der Waals surface area contributed by atoms with Gasteiger partial charge in [0.25, 0.3) is 0 Å². The van der Waals surface area contributed by atoms with E-state index in [9.17, 15) is 0 Å². The number of hydrogen-bond acceptors (Lipinski definition) is 3. The summed E-state index contributed by atoms with van der Waals surface area (Å²) in [5.41, 5.74) is 2.33. The van der Waals surface area contributed by atoms with Crippen LogP contribution in [0.5, 0.6) is 5.75 Å². The van der Waals surface area contributed by atoms with Crippen molar-refractivity contribution in [1.29, 1.82) is 0 Å². The van der Waals surface area contributed by atoms with Crippen molar-refractivity contribution in [2.75, 3.05) is 7.11 Å². The second kappa shape index (κ2) is 4.46. The van der Waals surface area contributed by atoms with Gasteiger partial charge in [-0.2, -0.15) is 0 Å². The van der Waals surface area contributed by atoms with Crippen molar-refractivity contribution < 1.29 is 4.74 Å². The van der Waals surface area contributed by atoms with Crippen LogP contribution in [-0.4, -0.2) is 16.7 Å². The Bertz CT molecular complexity index is 684. The molecule has 0 radical (unpaired) electrons. The average Bonchev–Trinajstić information content (AvgIpc) is 2.95. The van der Waals surface area contributed by atoms with Gasteiger partial charge in [0.2, 0.25) is 0 Å². The van der Waals surface area contributed by atoms with Crippen LogP contribution < -0.4 is 4.74 Å². The van der Waals surface area contributed by atoms with Gasteiger partial charge in [0.15, 0.2) is 0 Å². The molecule has 0 amide bonds. The van der Waals surface area contributed by atoms with Gasteiger partial charge < -0.3 is 9.30 Å². The highest BCUT2D eigenvalue weighted by atomic mass is 32.1. The van der Waals surface area contributed by atoms with Gasteiger partial charge in [-0.25, -0.2) is 4.98 Å². The van der Waals surface area contributed by atoms with Crippen molar-refractivity contribution in [3.8, 4) is 5.75 Å². The minimum atomic E-state index is 0.880. The summed E-state index contributed by atoms with van der Waals surface area (Å²) in [5.74, 6) is 0.886. The van der Waals surface area contributed by atoms with Crippen molar-refractivity contribution in [1.82, 2.24) is 9.55 Å². The Labute approximate surface area is 110 Å². The standard InChI is InChI=1S/C14H14N2OS/c1-16-7-3-4-10(16)8-14-15-12-6-5-11(17-2)9-13(12)18-14/h3-7,9H,8H2,1-2H3. The summed E-state index contributed by atoms with van der Waals surface area (Å²) in [4.78, 5) is 4.65. The van der Waals surface area contributed by atoms with E-state index in [2.05, 4.69) is 34.9 Å². The van der Waals surface area contributed by atoms with Crippen LogP contribution in [0.2, 0.25) is 0 Å². The van der Waals surface area contributed by atoms with Crippen LogP contribution in [0.15, 0.2) is 36.5 Å². The molecule has 0 aliphatic heterocycles. The number of nitrogens with zero attached hydrogens (tertiary/aromatic N) is 2. The van der Waals surface area contributed by atoms with E-state index in [4.69, 9.17) is 4.74 Å². The van der Waals surface area contributed by atoms with Crippen molar-refractivity contribution in [3.63, 3.8) is 0 Å². The quantitative estimate of drug-likeness (QED) is 0.721. The zero-order valence-corrected chi connectivity index (χ0v) is 11.2. The molecule has 4 heteroatoms. The molecule has 1 aromatic carbocycles. The molecular weight excluding hydrogens is 244 g/mol. The minimum Gasteiger partial charge on any atom is -0.497 e. The Balaban J connectivity index is 1.96. The van der Waals surface area contributed by atoms with E-state index in [1.54, 1.807) is 18.4 Å². The van der Waals surface area contributed by atoms with Crippen LogP contribution in [0.1, 0.15) is 10.7 Å². The molecule has 0 atom stereocenters. The molecule has 3 nitrogen and oxygen atoms in total. The molecular formula is C14H14N2OS. The topological polar surface area (TPSA) is 27.1 Å². The molecule has 18 heavy (non-hydrogen) atoms. The first-order valence-electron chi connectivity index (χ1n) is 5.80. The smallest absolute Gasteiger partial charge is 0.120 e. The van der Waals surface area contributed by atoms with Crippen LogP contribution in [0.4, 0.5) is 0 Å². The summed E-state index contributed by atoms with van der Waals surface area (Å²) in [7, 11) is 3.75. The summed E-state index contributed by atoms with van der Waals surface area (Å²) in [6, 6.07) is 10.2. The highest BCUT2D eigenvalue weighted by Crippen LogP contribution is 2.27. The molecule has 2 aromatic heterocycles. The lowest BCUT2D eigenvalue weighted by atomic mass is 10.3. The van der Waals surface area contributed by atoms with Crippen LogP contribution >= 0.6 is 11.3 Å². The third kappa shape index (κ3) is 1.99. The third-order valence-electron chi connectivity index (χ3n) is 3.02. The molecule has 3 aromatic rings. The fourth-order valence-corrected chi connectivity index (χ4v) is 3.00. The minimum absolute atomic E-state index is 0.880. The molecule has 0 aliphatic rings. The molecule has 2 heterocycles. The maximum absolute atomic E-state index is 5.23. The van der Waals surface area contributed by atoms with Crippen molar-refractivity contribution >= 4 is 21.6 Å². The van der Waals surface area contributed by atoms with Gasteiger partial charge in [0, 0.05) is 25.4 Å². The molecule has 92 valence electrons. The van der Waals surface area contributed by atoms with Crippen molar-refractivity contribution in [3.05, 3.63) is 47.2 Å². The highest BCUT2D eigenvalue weighted by Gasteiger charge is 2.07. The number of ether oxygens (including phenoxy) is 1. The van der Waals surface area contributed by atoms with Gasteiger partial charge in [-0.05, 0) is 30.3 Å². The van der Waals surface area contributed by atoms with E-state index in [1.165, 1.54) is 10.4 Å².